The van der Waals surface area contributed by atoms with Gasteiger partial charge in [-0.1, -0.05) is 24.3 Å². The second-order valence-electron chi connectivity index (χ2n) is 6.07. The van der Waals surface area contributed by atoms with Gasteiger partial charge in [-0.25, -0.2) is 0 Å². The number of carbonyl (C=O) groups excluding carboxylic acids is 1. The molecule has 2 aliphatic rings. The average Bonchev–Trinajstić information content (AvgIpc) is 2.87. The molecule has 1 fully saturated rings. The zero-order chi connectivity index (χ0) is 14.5. The van der Waals surface area contributed by atoms with E-state index >= 15 is 0 Å². The van der Waals surface area contributed by atoms with E-state index in [0.717, 1.165) is 58.5 Å². The van der Waals surface area contributed by atoms with Gasteiger partial charge in [-0.2, -0.15) is 0 Å². The summed E-state index contributed by atoms with van der Waals surface area (Å²) < 4.78 is 0. The number of carbonyl (C=O) groups is 1. The third-order valence-electron chi connectivity index (χ3n) is 4.50. The third kappa shape index (κ3) is 3.83. The van der Waals surface area contributed by atoms with Gasteiger partial charge < -0.3 is 10.2 Å². The predicted octanol–water partition coefficient (Wildman–Crippen LogP) is 1.26. The Hall–Kier alpha value is -1.39. The highest BCUT2D eigenvalue weighted by atomic mass is 16.2. The molecule has 4 heteroatoms. The molecule has 3 rings (SSSR count). The Kier molecular flexibility index (Phi) is 4.88. The van der Waals surface area contributed by atoms with Gasteiger partial charge >= 0.3 is 0 Å². The largest absolute Gasteiger partial charge is 0.337 e. The Bertz CT molecular complexity index is 481. The molecule has 21 heavy (non-hydrogen) atoms. The zero-order valence-electron chi connectivity index (χ0n) is 12.7. The fourth-order valence-electron chi connectivity index (χ4n) is 3.26. The Morgan fingerprint density at radius 1 is 1.05 bits per heavy atom. The van der Waals surface area contributed by atoms with Crippen molar-refractivity contribution in [2.24, 2.45) is 0 Å². The van der Waals surface area contributed by atoms with Crippen molar-refractivity contribution >= 4 is 5.91 Å². The number of nitrogens with one attached hydrogen (secondary N) is 1. The fraction of sp³-hybridized carbons (Fsp3) is 0.588. The second kappa shape index (κ2) is 7.05. The molecule has 4 nitrogen and oxygen atoms in total. The average molecular weight is 287 g/mol. The normalized spacial score (nSPS) is 20.5. The molecule has 1 aromatic carbocycles. The van der Waals surface area contributed by atoms with Crippen molar-refractivity contribution in [3.05, 3.63) is 35.4 Å². The van der Waals surface area contributed by atoms with E-state index in [1.807, 2.05) is 4.90 Å². The number of nitrogens with zero attached hydrogens (tertiary/aromatic N) is 2. The van der Waals surface area contributed by atoms with E-state index in [1.54, 1.807) is 0 Å². The van der Waals surface area contributed by atoms with Crippen LogP contribution < -0.4 is 5.32 Å². The van der Waals surface area contributed by atoms with Gasteiger partial charge in [0.2, 0.25) is 5.91 Å². The van der Waals surface area contributed by atoms with Crippen LogP contribution in [0.3, 0.4) is 0 Å². The first kappa shape index (κ1) is 14.5. The van der Waals surface area contributed by atoms with Gasteiger partial charge in [0.05, 0.1) is 6.54 Å². The van der Waals surface area contributed by atoms with Crippen LogP contribution in [0, 0.1) is 0 Å². The van der Waals surface area contributed by atoms with Gasteiger partial charge in [-0.05, 0) is 43.5 Å². The van der Waals surface area contributed by atoms with Gasteiger partial charge in [-0.15, -0.1) is 0 Å². The van der Waals surface area contributed by atoms with Crippen LogP contribution in [0.4, 0.5) is 0 Å². The molecule has 0 bridgehead atoms. The van der Waals surface area contributed by atoms with Crippen molar-refractivity contribution in [1.29, 1.82) is 0 Å². The van der Waals surface area contributed by atoms with Crippen LogP contribution in [0.1, 0.15) is 24.0 Å². The maximum absolute atomic E-state index is 12.6. The van der Waals surface area contributed by atoms with Gasteiger partial charge in [0.1, 0.15) is 0 Å². The van der Waals surface area contributed by atoms with E-state index in [0.29, 0.717) is 6.54 Å². The van der Waals surface area contributed by atoms with Crippen LogP contribution in [0.5, 0.6) is 0 Å². The van der Waals surface area contributed by atoms with Crippen molar-refractivity contribution in [2.45, 2.75) is 25.8 Å². The quantitative estimate of drug-likeness (QED) is 0.889. The van der Waals surface area contributed by atoms with Crippen LogP contribution in [0.2, 0.25) is 0 Å². The summed E-state index contributed by atoms with van der Waals surface area (Å²) in [7, 11) is 0. The molecule has 114 valence electrons. The maximum Gasteiger partial charge on any atom is 0.237 e. The molecule has 0 aliphatic carbocycles. The summed E-state index contributed by atoms with van der Waals surface area (Å²) in [5.41, 5.74) is 2.73. The summed E-state index contributed by atoms with van der Waals surface area (Å²) in [6, 6.07) is 8.54. The summed E-state index contributed by atoms with van der Waals surface area (Å²) in [4.78, 5) is 16.9. The predicted molar refractivity (Wildman–Crippen MR) is 84.1 cm³/mol. The molecule has 1 N–H and O–H groups in total. The van der Waals surface area contributed by atoms with E-state index < -0.39 is 0 Å². The lowest BCUT2D eigenvalue weighted by atomic mass is 10.0. The standard InChI is InChI=1S/C17H25N3O/c21-17(14-19-10-4-8-18-9-12-19)20-11-3-7-15-5-1-2-6-16(15)13-20/h1-2,5-6,18H,3-4,7-14H2. The van der Waals surface area contributed by atoms with E-state index in [2.05, 4.69) is 34.5 Å². The number of rotatable bonds is 2. The van der Waals surface area contributed by atoms with E-state index in [-0.39, 0.29) is 5.91 Å². The summed E-state index contributed by atoms with van der Waals surface area (Å²) in [5.74, 6) is 0.286. The molecule has 1 saturated heterocycles. The monoisotopic (exact) mass is 287 g/mol. The molecule has 0 atom stereocenters. The molecule has 2 heterocycles. The minimum Gasteiger partial charge on any atom is -0.337 e. The molecule has 0 radical (unpaired) electrons. The molecule has 1 amide bonds. The molecule has 0 saturated carbocycles. The highest BCUT2D eigenvalue weighted by Crippen LogP contribution is 2.18. The van der Waals surface area contributed by atoms with Crippen LogP contribution in [-0.2, 0) is 17.8 Å². The topological polar surface area (TPSA) is 35.6 Å². The zero-order valence-corrected chi connectivity index (χ0v) is 12.7. The van der Waals surface area contributed by atoms with Crippen molar-refractivity contribution < 1.29 is 4.79 Å². The Labute approximate surface area is 127 Å². The molecular weight excluding hydrogens is 262 g/mol. The van der Waals surface area contributed by atoms with Crippen molar-refractivity contribution in [1.82, 2.24) is 15.1 Å². The number of benzene rings is 1. The van der Waals surface area contributed by atoms with Crippen LogP contribution in [0.15, 0.2) is 24.3 Å². The number of aryl methyl sites for hydroxylation is 1. The molecule has 1 aromatic rings. The first-order valence-electron chi connectivity index (χ1n) is 8.10. The second-order valence-corrected chi connectivity index (χ2v) is 6.07. The van der Waals surface area contributed by atoms with Gasteiger partial charge in [0, 0.05) is 26.2 Å². The lowest BCUT2D eigenvalue weighted by Crippen LogP contribution is -2.41. The third-order valence-corrected chi connectivity index (χ3v) is 4.50. The number of fused-ring (bicyclic) bond motifs is 1. The lowest BCUT2D eigenvalue weighted by molar-refractivity contribution is -0.133. The van der Waals surface area contributed by atoms with Crippen molar-refractivity contribution in [3.63, 3.8) is 0 Å². The molecule has 0 unspecified atom stereocenters. The first-order valence-corrected chi connectivity index (χ1v) is 8.10. The first-order chi connectivity index (χ1) is 10.3. The van der Waals surface area contributed by atoms with Crippen LogP contribution in [-0.4, -0.2) is 55.0 Å². The summed E-state index contributed by atoms with van der Waals surface area (Å²) >= 11 is 0. The highest BCUT2D eigenvalue weighted by molar-refractivity contribution is 5.78. The van der Waals surface area contributed by atoms with E-state index in [1.165, 1.54) is 11.1 Å². The summed E-state index contributed by atoms with van der Waals surface area (Å²) in [6.07, 6.45) is 3.30. The Balaban J connectivity index is 1.62. The minimum absolute atomic E-state index is 0.286. The van der Waals surface area contributed by atoms with E-state index in [4.69, 9.17) is 0 Å². The van der Waals surface area contributed by atoms with Gasteiger partial charge in [0.15, 0.2) is 0 Å². The smallest absolute Gasteiger partial charge is 0.237 e. The number of hydrogen-bond acceptors (Lipinski definition) is 3. The SMILES string of the molecule is O=C(CN1CCCNCC1)N1CCCc2ccccc2C1. The molecule has 0 aromatic heterocycles. The highest BCUT2D eigenvalue weighted by Gasteiger charge is 2.21. The molecular formula is C17H25N3O. The lowest BCUT2D eigenvalue weighted by Gasteiger charge is -2.25. The number of hydrogen-bond donors (Lipinski definition) is 1. The Morgan fingerprint density at radius 3 is 2.81 bits per heavy atom. The van der Waals surface area contributed by atoms with Gasteiger partial charge in [-0.3, -0.25) is 9.69 Å². The Morgan fingerprint density at radius 2 is 1.90 bits per heavy atom. The maximum atomic E-state index is 12.6. The minimum atomic E-state index is 0.286. The van der Waals surface area contributed by atoms with Gasteiger partial charge in [0.25, 0.3) is 0 Å². The molecule has 2 aliphatic heterocycles. The fourth-order valence-corrected chi connectivity index (χ4v) is 3.26. The molecule has 0 spiro atoms. The van der Waals surface area contributed by atoms with Crippen LogP contribution >= 0.6 is 0 Å². The number of amides is 1. The summed E-state index contributed by atoms with van der Waals surface area (Å²) in [6.45, 7) is 6.32. The van der Waals surface area contributed by atoms with Crippen molar-refractivity contribution in [3.8, 4) is 0 Å². The van der Waals surface area contributed by atoms with E-state index in [9.17, 15) is 4.79 Å². The van der Waals surface area contributed by atoms with Crippen LogP contribution in [0.25, 0.3) is 0 Å². The summed E-state index contributed by atoms with van der Waals surface area (Å²) in [5, 5.41) is 3.39. The van der Waals surface area contributed by atoms with Crippen molar-refractivity contribution in [2.75, 3.05) is 39.3 Å².